The smallest absolute Gasteiger partial charge is 0.247 e. The quantitative estimate of drug-likeness (QED) is 0.700. The number of hydrogen-bond acceptors (Lipinski definition) is 4. The molecule has 2 rings (SSSR count). The molecular weight excluding hydrogens is 240 g/mol. The summed E-state index contributed by atoms with van der Waals surface area (Å²) in [5, 5.41) is 4.93. The molecule has 0 aliphatic carbocycles. The van der Waals surface area contributed by atoms with Crippen LogP contribution < -0.4 is 0 Å². The van der Waals surface area contributed by atoms with Gasteiger partial charge in [-0.1, -0.05) is 30.3 Å². The molecule has 0 unspecified atom stereocenters. The van der Waals surface area contributed by atoms with E-state index in [0.717, 1.165) is 10.6 Å². The van der Waals surface area contributed by atoms with Crippen LogP contribution in [0.5, 0.6) is 0 Å². The fraction of sp³-hybridized carbons (Fsp3) is 0.182. The van der Waals surface area contributed by atoms with Crippen LogP contribution in [-0.4, -0.2) is 37.0 Å². The summed E-state index contributed by atoms with van der Waals surface area (Å²) < 4.78 is 21.3. The third kappa shape index (κ3) is 2.79. The molecule has 0 radical (unpaired) electrons. The molecule has 0 saturated heterocycles. The molecule has 0 atom stereocenters. The van der Waals surface area contributed by atoms with E-state index < -0.39 is 10.3 Å². The van der Waals surface area contributed by atoms with Crippen molar-refractivity contribution in [3.63, 3.8) is 0 Å². The van der Waals surface area contributed by atoms with Gasteiger partial charge in [-0.2, -0.15) is 13.5 Å². The topological polar surface area (TPSA) is 66.8 Å². The number of carbonyl (C=O) groups is 1. The molecule has 6 heteroatoms. The van der Waals surface area contributed by atoms with Crippen molar-refractivity contribution >= 4 is 27.3 Å². The Labute approximate surface area is 99.9 Å². The van der Waals surface area contributed by atoms with Gasteiger partial charge in [0.05, 0.1) is 19.2 Å². The first kappa shape index (κ1) is 11.5. The lowest BCUT2D eigenvalue weighted by Gasteiger charge is -2.10. The second-order valence-electron chi connectivity index (χ2n) is 3.56. The number of hydrogen-bond donors (Lipinski definition) is 0. The molecule has 1 aliphatic heterocycles. The number of nitrogens with zero attached hydrogens (tertiary/aromatic N) is 2. The maximum atomic E-state index is 11.8. The fourth-order valence-corrected chi connectivity index (χ4v) is 1.83. The molecule has 5 nitrogen and oxygen atoms in total. The Bertz CT molecular complexity index is 582. The van der Waals surface area contributed by atoms with Crippen molar-refractivity contribution in [2.24, 2.45) is 5.10 Å². The lowest BCUT2D eigenvalue weighted by molar-refractivity contribution is -0.129. The van der Waals surface area contributed by atoms with Crippen LogP contribution >= 0.6 is 0 Å². The number of rotatable bonds is 2. The van der Waals surface area contributed by atoms with Gasteiger partial charge in [-0.3, -0.25) is 4.79 Å². The largest absolute Gasteiger partial charge is 0.273 e. The Morgan fingerprint density at radius 2 is 2.00 bits per heavy atom. The molecule has 1 aliphatic rings. The van der Waals surface area contributed by atoms with E-state index in [1.165, 1.54) is 6.21 Å². The first-order valence-corrected chi connectivity index (χ1v) is 6.07. The lowest BCUT2D eigenvalue weighted by Crippen LogP contribution is -2.27. The molecular formula is C11H10N2O3S. The molecule has 0 fully saturated rings. The van der Waals surface area contributed by atoms with Gasteiger partial charge in [-0.15, -0.1) is 0 Å². The minimum Gasteiger partial charge on any atom is -0.273 e. The van der Waals surface area contributed by atoms with Gasteiger partial charge in [0, 0.05) is 0 Å². The zero-order chi connectivity index (χ0) is 12.3. The molecule has 17 heavy (non-hydrogen) atoms. The highest BCUT2D eigenvalue weighted by Gasteiger charge is 2.20. The minimum absolute atomic E-state index is 0.0295. The Morgan fingerprint density at radius 3 is 2.59 bits per heavy atom. The average molecular weight is 250 g/mol. The van der Waals surface area contributed by atoms with Crippen molar-refractivity contribution < 1.29 is 13.2 Å². The van der Waals surface area contributed by atoms with E-state index in [2.05, 4.69) is 5.10 Å². The van der Waals surface area contributed by atoms with Gasteiger partial charge in [-0.25, -0.2) is 5.01 Å². The Hall–Kier alpha value is -1.95. The summed E-state index contributed by atoms with van der Waals surface area (Å²) in [7, 11) is -2.30. The standard InChI is InChI=1S/C11H10N2O3S/c14-11(6-9-4-2-1-3-5-9)13-8-10(7-12-13)17(15)16/h1-5,7H,6,8H2. The van der Waals surface area contributed by atoms with Crippen LogP contribution in [0.1, 0.15) is 5.56 Å². The van der Waals surface area contributed by atoms with Crippen LogP contribution in [0, 0.1) is 0 Å². The molecule has 1 amide bonds. The first-order valence-electron chi connectivity index (χ1n) is 5.00. The number of amides is 1. The summed E-state index contributed by atoms with van der Waals surface area (Å²) in [5.74, 6) is -0.215. The summed E-state index contributed by atoms with van der Waals surface area (Å²) in [6.45, 7) is 0.0295. The minimum atomic E-state index is -2.30. The van der Waals surface area contributed by atoms with Gasteiger partial charge in [0.15, 0.2) is 0 Å². The van der Waals surface area contributed by atoms with Gasteiger partial charge in [-0.05, 0) is 5.56 Å². The molecule has 0 saturated carbocycles. The van der Waals surface area contributed by atoms with Crippen molar-refractivity contribution in [3.8, 4) is 0 Å². The van der Waals surface area contributed by atoms with E-state index in [4.69, 9.17) is 0 Å². The van der Waals surface area contributed by atoms with Crippen molar-refractivity contribution in [2.45, 2.75) is 6.42 Å². The van der Waals surface area contributed by atoms with E-state index in [-0.39, 0.29) is 23.7 Å². The van der Waals surface area contributed by atoms with Gasteiger partial charge >= 0.3 is 0 Å². The van der Waals surface area contributed by atoms with Crippen LogP contribution in [0.4, 0.5) is 0 Å². The van der Waals surface area contributed by atoms with Crippen molar-refractivity contribution in [1.82, 2.24) is 5.01 Å². The summed E-state index contributed by atoms with van der Waals surface area (Å²) in [6, 6.07) is 9.25. The first-order chi connectivity index (χ1) is 8.16. The van der Waals surface area contributed by atoms with E-state index >= 15 is 0 Å². The maximum absolute atomic E-state index is 11.8. The molecule has 1 aromatic carbocycles. The van der Waals surface area contributed by atoms with Crippen LogP contribution in [0.2, 0.25) is 0 Å². The monoisotopic (exact) mass is 250 g/mol. The Kier molecular flexibility index (Phi) is 3.34. The third-order valence-electron chi connectivity index (χ3n) is 2.35. The second-order valence-corrected chi connectivity index (χ2v) is 4.55. The average Bonchev–Trinajstić information content (AvgIpc) is 2.79. The molecule has 0 aromatic heterocycles. The van der Waals surface area contributed by atoms with E-state index in [1.54, 1.807) is 0 Å². The predicted octanol–water partition coefficient (Wildman–Crippen LogP) is 0.109. The van der Waals surface area contributed by atoms with Crippen molar-refractivity contribution in [1.29, 1.82) is 0 Å². The van der Waals surface area contributed by atoms with Gasteiger partial charge in [0.1, 0.15) is 4.86 Å². The normalized spacial score (nSPS) is 14.1. The van der Waals surface area contributed by atoms with Crippen LogP contribution in [0.3, 0.4) is 0 Å². The van der Waals surface area contributed by atoms with Crippen LogP contribution in [-0.2, 0) is 21.5 Å². The molecule has 0 N–H and O–H groups in total. The summed E-state index contributed by atoms with van der Waals surface area (Å²) in [4.78, 5) is 11.9. The van der Waals surface area contributed by atoms with Crippen LogP contribution in [0.25, 0.3) is 0 Å². The Morgan fingerprint density at radius 1 is 1.29 bits per heavy atom. The lowest BCUT2D eigenvalue weighted by atomic mass is 10.1. The van der Waals surface area contributed by atoms with Crippen LogP contribution in [0.15, 0.2) is 35.4 Å². The van der Waals surface area contributed by atoms with E-state index in [1.807, 2.05) is 30.3 Å². The van der Waals surface area contributed by atoms with Gasteiger partial charge < -0.3 is 0 Å². The summed E-state index contributed by atoms with van der Waals surface area (Å²) in [6.07, 6.45) is 1.42. The zero-order valence-corrected chi connectivity index (χ0v) is 9.72. The highest BCUT2D eigenvalue weighted by atomic mass is 32.2. The van der Waals surface area contributed by atoms with Gasteiger partial charge in [0.2, 0.25) is 16.2 Å². The van der Waals surface area contributed by atoms with Crippen molar-refractivity contribution in [3.05, 3.63) is 35.9 Å². The number of carbonyl (C=O) groups excluding carboxylic acids is 1. The number of benzene rings is 1. The molecule has 1 aromatic rings. The van der Waals surface area contributed by atoms with Crippen molar-refractivity contribution in [2.75, 3.05) is 6.54 Å². The highest BCUT2D eigenvalue weighted by molar-refractivity contribution is 7.74. The molecule has 0 bridgehead atoms. The Balaban J connectivity index is 2.05. The highest BCUT2D eigenvalue weighted by Crippen LogP contribution is 2.05. The SMILES string of the molecule is O=C(Cc1ccccc1)N1CC(=S(=O)=O)C=N1. The van der Waals surface area contributed by atoms with E-state index in [9.17, 15) is 13.2 Å². The molecule has 1 heterocycles. The molecule has 0 spiro atoms. The van der Waals surface area contributed by atoms with E-state index in [0.29, 0.717) is 0 Å². The predicted molar refractivity (Wildman–Crippen MR) is 64.3 cm³/mol. The van der Waals surface area contributed by atoms with Gasteiger partial charge in [0.25, 0.3) is 0 Å². The second kappa shape index (κ2) is 4.92. The summed E-state index contributed by atoms with van der Waals surface area (Å²) >= 11 is 0. The summed E-state index contributed by atoms with van der Waals surface area (Å²) in [5.41, 5.74) is 0.879. The zero-order valence-electron chi connectivity index (χ0n) is 8.91. The maximum Gasteiger partial charge on any atom is 0.247 e. The number of hydrazone groups is 1. The fourth-order valence-electron chi connectivity index (χ4n) is 1.47. The molecule has 88 valence electrons. The third-order valence-corrected chi connectivity index (χ3v) is 3.01.